The van der Waals surface area contributed by atoms with E-state index in [0.29, 0.717) is 6.61 Å². The predicted molar refractivity (Wildman–Crippen MR) is 83.3 cm³/mol. The first-order valence-corrected chi connectivity index (χ1v) is 6.89. The number of rotatable bonds is 6. The van der Waals surface area contributed by atoms with E-state index in [1.165, 1.54) is 0 Å². The Morgan fingerprint density at radius 3 is 2.62 bits per heavy atom. The van der Waals surface area contributed by atoms with Gasteiger partial charge in [-0.05, 0) is 41.3 Å². The quantitative estimate of drug-likeness (QED) is 0.817. The highest BCUT2D eigenvalue weighted by atomic mass is 16.5. The van der Waals surface area contributed by atoms with Gasteiger partial charge in [0.05, 0.1) is 0 Å². The van der Waals surface area contributed by atoms with Crippen LogP contribution in [0.1, 0.15) is 23.6 Å². The van der Waals surface area contributed by atoms with Gasteiger partial charge in [-0.15, -0.1) is 0 Å². The number of carbonyl (C=O) groups is 1. The second-order valence-electron chi connectivity index (χ2n) is 4.66. The monoisotopic (exact) mass is 282 g/mol. The lowest BCUT2D eigenvalue weighted by Crippen LogP contribution is -1.97. The van der Waals surface area contributed by atoms with Gasteiger partial charge in [-0.25, -0.2) is 4.79 Å². The Bertz CT molecular complexity index is 630. The van der Waals surface area contributed by atoms with E-state index in [1.807, 2.05) is 55.5 Å². The molecule has 108 valence electrons. The van der Waals surface area contributed by atoms with Crippen molar-refractivity contribution < 1.29 is 14.6 Å². The molecular weight excluding hydrogens is 264 g/mol. The van der Waals surface area contributed by atoms with E-state index in [-0.39, 0.29) is 0 Å². The van der Waals surface area contributed by atoms with Crippen molar-refractivity contribution in [3.8, 4) is 5.75 Å². The van der Waals surface area contributed by atoms with Crippen LogP contribution in [0.5, 0.6) is 5.75 Å². The summed E-state index contributed by atoms with van der Waals surface area (Å²) in [5.74, 6) is -0.148. The van der Waals surface area contributed by atoms with Crippen LogP contribution < -0.4 is 4.74 Å². The minimum Gasteiger partial charge on any atom is -0.489 e. The van der Waals surface area contributed by atoms with Gasteiger partial charge in [0.1, 0.15) is 12.4 Å². The third-order valence-electron chi connectivity index (χ3n) is 3.15. The van der Waals surface area contributed by atoms with E-state index in [0.717, 1.165) is 34.9 Å². The van der Waals surface area contributed by atoms with Crippen molar-refractivity contribution in [1.29, 1.82) is 0 Å². The lowest BCUT2D eigenvalue weighted by molar-refractivity contribution is -0.131. The lowest BCUT2D eigenvalue weighted by atomic mass is 10.0. The number of carboxylic acid groups (broad SMARTS) is 1. The minimum atomic E-state index is -0.943. The summed E-state index contributed by atoms with van der Waals surface area (Å²) >= 11 is 0. The van der Waals surface area contributed by atoms with Gasteiger partial charge >= 0.3 is 5.97 Å². The van der Waals surface area contributed by atoms with Crippen LogP contribution in [0.3, 0.4) is 0 Å². The molecule has 1 N–H and O–H groups in total. The summed E-state index contributed by atoms with van der Waals surface area (Å²) in [7, 11) is 0. The first-order valence-electron chi connectivity index (χ1n) is 6.89. The molecule has 0 aliphatic rings. The van der Waals surface area contributed by atoms with Crippen LogP contribution in [-0.4, -0.2) is 11.1 Å². The fraction of sp³-hybridized carbons (Fsp3) is 0.167. The van der Waals surface area contributed by atoms with Crippen LogP contribution in [0.15, 0.2) is 54.6 Å². The number of aryl methyl sites for hydroxylation is 1. The number of ether oxygens (including phenoxy) is 1. The van der Waals surface area contributed by atoms with Crippen LogP contribution in [0.4, 0.5) is 0 Å². The average molecular weight is 282 g/mol. The molecule has 3 heteroatoms. The lowest BCUT2D eigenvalue weighted by Gasteiger charge is -2.10. The highest BCUT2D eigenvalue weighted by Gasteiger charge is 2.02. The van der Waals surface area contributed by atoms with Gasteiger partial charge in [-0.2, -0.15) is 0 Å². The minimum absolute atomic E-state index is 0.522. The van der Waals surface area contributed by atoms with Gasteiger partial charge in [-0.1, -0.05) is 43.3 Å². The molecule has 3 nitrogen and oxygen atoms in total. The molecule has 0 fully saturated rings. The third kappa shape index (κ3) is 4.49. The molecule has 0 heterocycles. The first-order chi connectivity index (χ1) is 10.2. The molecule has 0 unspecified atom stereocenters. The Balaban J connectivity index is 2.10. The molecule has 0 aliphatic heterocycles. The van der Waals surface area contributed by atoms with E-state index in [1.54, 1.807) is 6.08 Å². The van der Waals surface area contributed by atoms with Crippen LogP contribution in [0.25, 0.3) is 6.08 Å². The van der Waals surface area contributed by atoms with Crippen molar-refractivity contribution >= 4 is 12.0 Å². The molecule has 0 aliphatic carbocycles. The molecule has 0 atom stereocenters. The van der Waals surface area contributed by atoms with Crippen molar-refractivity contribution in [2.45, 2.75) is 20.0 Å². The highest BCUT2D eigenvalue weighted by Crippen LogP contribution is 2.21. The molecule has 0 aromatic heterocycles. The molecule has 0 saturated heterocycles. The van der Waals surface area contributed by atoms with Gasteiger partial charge in [0.15, 0.2) is 0 Å². The second-order valence-corrected chi connectivity index (χ2v) is 4.66. The van der Waals surface area contributed by atoms with Crippen molar-refractivity contribution in [3.63, 3.8) is 0 Å². The van der Waals surface area contributed by atoms with Crippen LogP contribution >= 0.6 is 0 Å². The Labute approximate surface area is 124 Å². The molecule has 0 radical (unpaired) electrons. The second kappa shape index (κ2) is 7.29. The van der Waals surface area contributed by atoms with Crippen LogP contribution in [0.2, 0.25) is 0 Å². The van der Waals surface area contributed by atoms with E-state index in [9.17, 15) is 4.79 Å². The molecule has 0 spiro atoms. The summed E-state index contributed by atoms with van der Waals surface area (Å²) < 4.78 is 5.77. The summed E-state index contributed by atoms with van der Waals surface area (Å²) in [5.41, 5.74) is 3.09. The molecule has 0 bridgehead atoms. The van der Waals surface area contributed by atoms with Crippen LogP contribution in [-0.2, 0) is 17.8 Å². The van der Waals surface area contributed by atoms with Crippen molar-refractivity contribution in [1.82, 2.24) is 0 Å². The largest absolute Gasteiger partial charge is 0.489 e. The van der Waals surface area contributed by atoms with Gasteiger partial charge in [-0.3, -0.25) is 0 Å². The Kier molecular flexibility index (Phi) is 5.16. The number of aliphatic carboxylic acids is 1. The maximum absolute atomic E-state index is 10.6. The zero-order valence-corrected chi connectivity index (χ0v) is 12.0. The molecular formula is C18H18O3. The Morgan fingerprint density at radius 2 is 1.95 bits per heavy atom. The molecule has 2 aromatic carbocycles. The molecule has 0 amide bonds. The van der Waals surface area contributed by atoms with Crippen molar-refractivity contribution in [2.75, 3.05) is 0 Å². The maximum Gasteiger partial charge on any atom is 0.328 e. The SMILES string of the molecule is CCc1cc(OCc2ccccc2)ccc1C=CC(=O)O. The van der Waals surface area contributed by atoms with Gasteiger partial charge in [0, 0.05) is 6.08 Å². The topological polar surface area (TPSA) is 46.5 Å². The molecule has 21 heavy (non-hydrogen) atoms. The van der Waals surface area contributed by atoms with E-state index in [2.05, 4.69) is 0 Å². The third-order valence-corrected chi connectivity index (χ3v) is 3.15. The fourth-order valence-corrected chi connectivity index (χ4v) is 2.04. The summed E-state index contributed by atoms with van der Waals surface area (Å²) in [5, 5.41) is 8.69. The zero-order valence-electron chi connectivity index (χ0n) is 12.0. The normalized spacial score (nSPS) is 10.7. The van der Waals surface area contributed by atoms with E-state index < -0.39 is 5.97 Å². The number of hydrogen-bond donors (Lipinski definition) is 1. The van der Waals surface area contributed by atoms with E-state index in [4.69, 9.17) is 9.84 Å². The average Bonchev–Trinajstić information content (AvgIpc) is 2.52. The Morgan fingerprint density at radius 1 is 1.19 bits per heavy atom. The van der Waals surface area contributed by atoms with E-state index >= 15 is 0 Å². The smallest absolute Gasteiger partial charge is 0.328 e. The predicted octanol–water partition coefficient (Wildman–Crippen LogP) is 3.93. The molecule has 2 aromatic rings. The van der Waals surface area contributed by atoms with Gasteiger partial charge < -0.3 is 9.84 Å². The summed E-state index contributed by atoms with van der Waals surface area (Å²) in [4.78, 5) is 10.6. The Hall–Kier alpha value is -2.55. The van der Waals surface area contributed by atoms with Gasteiger partial charge in [0.2, 0.25) is 0 Å². The summed E-state index contributed by atoms with van der Waals surface area (Å²) in [6.45, 7) is 2.56. The standard InChI is InChI=1S/C18H18O3/c1-2-15-12-17(10-8-16(15)9-11-18(19)20)21-13-14-6-4-3-5-7-14/h3-12H,2,13H2,1H3,(H,19,20). The highest BCUT2D eigenvalue weighted by molar-refractivity contribution is 5.85. The first kappa shape index (κ1) is 14.9. The zero-order chi connectivity index (χ0) is 15.1. The fourth-order valence-electron chi connectivity index (χ4n) is 2.04. The van der Waals surface area contributed by atoms with Crippen molar-refractivity contribution in [2.24, 2.45) is 0 Å². The summed E-state index contributed by atoms with van der Waals surface area (Å²) in [6.07, 6.45) is 3.59. The number of hydrogen-bond acceptors (Lipinski definition) is 2. The molecule has 2 rings (SSSR count). The van der Waals surface area contributed by atoms with Crippen molar-refractivity contribution in [3.05, 3.63) is 71.3 Å². The summed E-state index contributed by atoms with van der Waals surface area (Å²) in [6, 6.07) is 15.7. The van der Waals surface area contributed by atoms with Crippen LogP contribution in [0, 0.1) is 0 Å². The van der Waals surface area contributed by atoms with Gasteiger partial charge in [0.25, 0.3) is 0 Å². The maximum atomic E-state index is 10.6. The number of benzene rings is 2. The molecule has 0 saturated carbocycles. The number of carboxylic acids is 1.